The normalized spacial score (nSPS) is 20.9. The predicted octanol–water partition coefficient (Wildman–Crippen LogP) is 1.45. The molecule has 7 nitrogen and oxygen atoms in total. The molecule has 0 radical (unpaired) electrons. The van der Waals surface area contributed by atoms with Gasteiger partial charge in [-0.3, -0.25) is 9.59 Å². The Kier molecular flexibility index (Phi) is 6.25. The van der Waals surface area contributed by atoms with Crippen LogP contribution in [0.2, 0.25) is 0 Å². The van der Waals surface area contributed by atoms with Gasteiger partial charge in [-0.25, -0.2) is 4.68 Å². The number of carbonyl (C=O) groups excluding carboxylic acids is 1. The summed E-state index contributed by atoms with van der Waals surface area (Å²) in [6.07, 6.45) is 4.44. The fourth-order valence-electron chi connectivity index (χ4n) is 4.53. The standard InChI is InChI=1S/C22H31N5O2/c1-25-10-6-7-17(16-25)21(28)23-15-20-18-8-2-3-9-19(18)22(29)27(24-20)14-13-26-11-4-5-12-26/h2-3,8-9,17H,4-7,10-16H2,1H3,(H,23,28). The SMILES string of the molecule is CN1CCCC(C(=O)NCc2nn(CCN3CCCC3)c(=O)c3ccccc23)C1. The van der Waals surface area contributed by atoms with Crippen molar-refractivity contribution in [2.75, 3.05) is 39.8 Å². The van der Waals surface area contributed by atoms with Crippen molar-refractivity contribution < 1.29 is 4.79 Å². The third kappa shape index (κ3) is 4.67. The van der Waals surface area contributed by atoms with Crippen LogP contribution in [0.4, 0.5) is 0 Å². The largest absolute Gasteiger partial charge is 0.350 e. The molecule has 29 heavy (non-hydrogen) atoms. The first-order valence-corrected chi connectivity index (χ1v) is 10.8. The second-order valence-corrected chi connectivity index (χ2v) is 8.39. The van der Waals surface area contributed by atoms with Gasteiger partial charge in [0.2, 0.25) is 5.91 Å². The van der Waals surface area contributed by atoms with Crippen LogP contribution in [0.25, 0.3) is 10.8 Å². The molecule has 1 atom stereocenters. The summed E-state index contributed by atoms with van der Waals surface area (Å²) in [5.41, 5.74) is 0.711. The zero-order valence-electron chi connectivity index (χ0n) is 17.3. The van der Waals surface area contributed by atoms with Gasteiger partial charge in [0.05, 0.1) is 30.1 Å². The lowest BCUT2D eigenvalue weighted by atomic mass is 9.97. The molecule has 2 aliphatic rings. The van der Waals surface area contributed by atoms with Gasteiger partial charge in [-0.1, -0.05) is 18.2 Å². The van der Waals surface area contributed by atoms with Gasteiger partial charge in [-0.15, -0.1) is 0 Å². The molecule has 2 aliphatic heterocycles. The molecule has 0 spiro atoms. The summed E-state index contributed by atoms with van der Waals surface area (Å²) in [7, 11) is 2.06. The van der Waals surface area contributed by atoms with Crippen LogP contribution < -0.4 is 10.9 Å². The van der Waals surface area contributed by atoms with E-state index in [-0.39, 0.29) is 17.4 Å². The third-order valence-electron chi connectivity index (χ3n) is 6.20. The molecule has 1 aromatic heterocycles. The predicted molar refractivity (Wildman–Crippen MR) is 114 cm³/mol. The van der Waals surface area contributed by atoms with Gasteiger partial charge in [0.15, 0.2) is 0 Å². The van der Waals surface area contributed by atoms with E-state index in [0.717, 1.165) is 56.6 Å². The molecule has 4 rings (SSSR count). The van der Waals surface area contributed by atoms with Crippen molar-refractivity contribution >= 4 is 16.7 Å². The number of aromatic nitrogens is 2. The van der Waals surface area contributed by atoms with Gasteiger partial charge < -0.3 is 15.1 Å². The van der Waals surface area contributed by atoms with Crippen LogP contribution in [0, 0.1) is 5.92 Å². The number of rotatable bonds is 6. The van der Waals surface area contributed by atoms with Crippen molar-refractivity contribution in [3.63, 3.8) is 0 Å². The number of likely N-dealkylation sites (tertiary alicyclic amines) is 2. The molecule has 0 aliphatic carbocycles. The van der Waals surface area contributed by atoms with E-state index in [2.05, 4.69) is 27.3 Å². The number of carbonyl (C=O) groups is 1. The Morgan fingerprint density at radius 1 is 1.10 bits per heavy atom. The second kappa shape index (κ2) is 9.05. The van der Waals surface area contributed by atoms with E-state index in [0.29, 0.717) is 18.5 Å². The lowest BCUT2D eigenvalue weighted by molar-refractivity contribution is -0.126. The minimum Gasteiger partial charge on any atom is -0.350 e. The number of amides is 1. The molecule has 2 fully saturated rings. The summed E-state index contributed by atoms with van der Waals surface area (Å²) >= 11 is 0. The summed E-state index contributed by atoms with van der Waals surface area (Å²) in [5.74, 6) is 0.110. The van der Waals surface area contributed by atoms with E-state index in [1.807, 2.05) is 24.3 Å². The summed E-state index contributed by atoms with van der Waals surface area (Å²) < 4.78 is 1.58. The van der Waals surface area contributed by atoms with Crippen LogP contribution in [0.1, 0.15) is 31.4 Å². The van der Waals surface area contributed by atoms with Crippen LogP contribution in [-0.4, -0.2) is 65.3 Å². The average molecular weight is 398 g/mol. The van der Waals surface area contributed by atoms with Crippen molar-refractivity contribution in [3.05, 3.63) is 40.3 Å². The molecule has 0 saturated carbocycles. The molecule has 2 aromatic rings. The Hall–Kier alpha value is -2.25. The monoisotopic (exact) mass is 397 g/mol. The van der Waals surface area contributed by atoms with E-state index in [9.17, 15) is 9.59 Å². The minimum atomic E-state index is -0.0521. The number of piperidine rings is 1. The maximum absolute atomic E-state index is 12.9. The molecule has 1 aromatic carbocycles. The van der Waals surface area contributed by atoms with E-state index >= 15 is 0 Å². The molecular weight excluding hydrogens is 366 g/mol. The van der Waals surface area contributed by atoms with Gasteiger partial charge >= 0.3 is 0 Å². The van der Waals surface area contributed by atoms with Crippen LogP contribution in [0.5, 0.6) is 0 Å². The molecule has 2 saturated heterocycles. The number of nitrogens with zero attached hydrogens (tertiary/aromatic N) is 4. The smallest absolute Gasteiger partial charge is 0.274 e. The Morgan fingerprint density at radius 3 is 2.62 bits per heavy atom. The number of fused-ring (bicyclic) bond motifs is 1. The molecule has 1 unspecified atom stereocenters. The highest BCUT2D eigenvalue weighted by molar-refractivity contribution is 5.84. The third-order valence-corrected chi connectivity index (χ3v) is 6.20. The van der Waals surface area contributed by atoms with E-state index < -0.39 is 0 Å². The minimum absolute atomic E-state index is 0.0288. The highest BCUT2D eigenvalue weighted by Crippen LogP contribution is 2.17. The number of hydrogen-bond donors (Lipinski definition) is 1. The van der Waals surface area contributed by atoms with Crippen molar-refractivity contribution in [3.8, 4) is 0 Å². The molecule has 156 valence electrons. The zero-order chi connectivity index (χ0) is 20.2. The molecule has 7 heteroatoms. The number of nitrogens with one attached hydrogen (secondary N) is 1. The van der Waals surface area contributed by atoms with E-state index in [1.54, 1.807) is 4.68 Å². The fourth-order valence-corrected chi connectivity index (χ4v) is 4.53. The van der Waals surface area contributed by atoms with Crippen LogP contribution in [0.3, 0.4) is 0 Å². The molecule has 1 amide bonds. The van der Waals surface area contributed by atoms with Crippen LogP contribution in [0.15, 0.2) is 29.1 Å². The molecule has 3 heterocycles. The van der Waals surface area contributed by atoms with Gasteiger partial charge in [0.1, 0.15) is 0 Å². The zero-order valence-corrected chi connectivity index (χ0v) is 17.3. The van der Waals surface area contributed by atoms with Crippen LogP contribution >= 0.6 is 0 Å². The quantitative estimate of drug-likeness (QED) is 0.799. The highest BCUT2D eigenvalue weighted by atomic mass is 16.2. The summed E-state index contributed by atoms with van der Waals surface area (Å²) in [4.78, 5) is 30.1. The molecular formula is C22H31N5O2. The Labute approximate surface area is 171 Å². The summed E-state index contributed by atoms with van der Waals surface area (Å²) in [6.45, 7) is 5.82. The summed E-state index contributed by atoms with van der Waals surface area (Å²) in [5, 5.41) is 9.22. The maximum atomic E-state index is 12.9. The van der Waals surface area contributed by atoms with Crippen molar-refractivity contribution in [2.24, 2.45) is 5.92 Å². The summed E-state index contributed by atoms with van der Waals surface area (Å²) in [6, 6.07) is 7.58. The van der Waals surface area contributed by atoms with Crippen LogP contribution in [-0.2, 0) is 17.9 Å². The Balaban J connectivity index is 1.51. The lowest BCUT2D eigenvalue weighted by Gasteiger charge is -2.28. The second-order valence-electron chi connectivity index (χ2n) is 8.39. The van der Waals surface area contributed by atoms with Gasteiger partial charge in [0, 0.05) is 18.5 Å². The first-order chi connectivity index (χ1) is 14.1. The van der Waals surface area contributed by atoms with Gasteiger partial charge in [0.25, 0.3) is 5.56 Å². The Bertz CT molecular complexity index is 919. The highest BCUT2D eigenvalue weighted by Gasteiger charge is 2.24. The maximum Gasteiger partial charge on any atom is 0.274 e. The number of benzene rings is 1. The number of hydrogen-bond acceptors (Lipinski definition) is 5. The van der Waals surface area contributed by atoms with Gasteiger partial charge in [-0.05, 0) is 58.4 Å². The topological polar surface area (TPSA) is 70.5 Å². The fraction of sp³-hybridized carbons (Fsp3) is 0.591. The van der Waals surface area contributed by atoms with Gasteiger partial charge in [-0.2, -0.15) is 5.10 Å². The van der Waals surface area contributed by atoms with E-state index in [1.165, 1.54) is 12.8 Å². The van der Waals surface area contributed by atoms with Crippen molar-refractivity contribution in [2.45, 2.75) is 38.8 Å². The first kappa shape index (κ1) is 20.0. The lowest BCUT2D eigenvalue weighted by Crippen LogP contribution is -2.41. The van der Waals surface area contributed by atoms with Crippen molar-refractivity contribution in [1.29, 1.82) is 0 Å². The average Bonchev–Trinajstić information content (AvgIpc) is 3.26. The van der Waals surface area contributed by atoms with E-state index in [4.69, 9.17) is 0 Å². The Morgan fingerprint density at radius 2 is 1.86 bits per heavy atom. The molecule has 1 N–H and O–H groups in total. The molecule has 0 bridgehead atoms. The first-order valence-electron chi connectivity index (χ1n) is 10.8. The van der Waals surface area contributed by atoms with Crippen molar-refractivity contribution in [1.82, 2.24) is 24.9 Å².